The number of alkyl halides is 3. The van der Waals surface area contributed by atoms with Gasteiger partial charge in [0, 0.05) is 17.6 Å². The van der Waals surface area contributed by atoms with Crippen molar-refractivity contribution in [1.29, 1.82) is 0 Å². The minimum Gasteiger partial charge on any atom is -0.463 e. The molecule has 0 spiro atoms. The minimum absolute atomic E-state index is 0.00290. The predicted molar refractivity (Wildman–Crippen MR) is 110 cm³/mol. The van der Waals surface area contributed by atoms with E-state index in [9.17, 15) is 26.7 Å². The number of hydrogen-bond donors (Lipinski definition) is 2. The molecule has 1 fully saturated rings. The van der Waals surface area contributed by atoms with Crippen LogP contribution in [0.1, 0.15) is 23.2 Å². The molecule has 1 atom stereocenters. The first kappa shape index (κ1) is 21.8. The topological polar surface area (TPSA) is 99.9 Å². The van der Waals surface area contributed by atoms with E-state index in [1.165, 1.54) is 18.2 Å². The molecule has 0 unspecified atom stereocenters. The van der Waals surface area contributed by atoms with Crippen LogP contribution in [-0.2, 0) is 0 Å². The number of fused-ring (bicyclic) bond motifs is 1. The van der Waals surface area contributed by atoms with Crippen LogP contribution in [0.25, 0.3) is 22.4 Å². The van der Waals surface area contributed by atoms with Gasteiger partial charge >= 0.3 is 6.18 Å². The van der Waals surface area contributed by atoms with Crippen LogP contribution in [0.4, 0.5) is 33.3 Å². The number of halogens is 5. The van der Waals surface area contributed by atoms with E-state index in [0.717, 1.165) is 23.3 Å². The number of aromatic nitrogens is 4. The van der Waals surface area contributed by atoms with E-state index in [0.29, 0.717) is 6.42 Å². The summed E-state index contributed by atoms with van der Waals surface area (Å²) < 4.78 is 74.3. The Hall–Kier alpha value is -4.03. The molecule has 0 aliphatic carbocycles. The Morgan fingerprint density at radius 1 is 1.18 bits per heavy atom. The van der Waals surface area contributed by atoms with Gasteiger partial charge in [-0.1, -0.05) is 0 Å². The summed E-state index contributed by atoms with van der Waals surface area (Å²) in [5.41, 5.74) is 0.00372. The maximum atomic E-state index is 14.7. The van der Waals surface area contributed by atoms with E-state index >= 15 is 0 Å². The first-order chi connectivity index (χ1) is 16.2. The van der Waals surface area contributed by atoms with Crippen molar-refractivity contribution in [3.8, 4) is 11.4 Å². The van der Waals surface area contributed by atoms with Crippen molar-refractivity contribution in [2.75, 3.05) is 16.8 Å². The Kier molecular flexibility index (Phi) is 5.18. The second kappa shape index (κ2) is 8.08. The molecular weight excluding hydrogens is 463 g/mol. The van der Waals surface area contributed by atoms with Crippen molar-refractivity contribution in [3.05, 3.63) is 53.8 Å². The van der Waals surface area contributed by atoms with Crippen molar-refractivity contribution in [1.82, 2.24) is 20.6 Å². The Morgan fingerprint density at radius 2 is 2.00 bits per heavy atom. The summed E-state index contributed by atoms with van der Waals surface area (Å²) in [5, 5.41) is 15.6. The molecule has 3 heterocycles. The summed E-state index contributed by atoms with van der Waals surface area (Å²) in [6.45, 7) is 0.0746. The lowest BCUT2D eigenvalue weighted by molar-refractivity contribution is -0.146. The van der Waals surface area contributed by atoms with Crippen molar-refractivity contribution >= 4 is 28.3 Å². The highest BCUT2D eigenvalue weighted by molar-refractivity contribution is 6.12. The summed E-state index contributed by atoms with van der Waals surface area (Å²) in [4.78, 5) is 13.7. The summed E-state index contributed by atoms with van der Waals surface area (Å²) >= 11 is 0. The zero-order valence-electron chi connectivity index (χ0n) is 17.2. The van der Waals surface area contributed by atoms with Crippen LogP contribution in [0.5, 0.6) is 0 Å². The van der Waals surface area contributed by atoms with E-state index in [4.69, 9.17) is 4.42 Å². The van der Waals surface area contributed by atoms with E-state index < -0.39 is 29.8 Å². The molecule has 1 amide bonds. The largest absolute Gasteiger partial charge is 0.463 e. The number of amides is 1. The fourth-order valence-corrected chi connectivity index (χ4v) is 4.08. The molecule has 8 nitrogen and oxygen atoms in total. The molecule has 0 radical (unpaired) electrons. The van der Waals surface area contributed by atoms with Gasteiger partial charge in [-0.05, 0) is 48.4 Å². The van der Waals surface area contributed by atoms with Gasteiger partial charge in [0.05, 0.1) is 16.8 Å². The summed E-state index contributed by atoms with van der Waals surface area (Å²) in [5.74, 6) is -2.33. The molecule has 1 aliphatic heterocycles. The average Bonchev–Trinajstić information content (AvgIpc) is 3.53. The number of rotatable bonds is 4. The van der Waals surface area contributed by atoms with E-state index in [1.54, 1.807) is 0 Å². The fraction of sp³-hybridized carbons (Fsp3) is 0.238. The first-order valence-electron chi connectivity index (χ1n) is 10.1. The number of furan rings is 1. The lowest BCUT2D eigenvalue weighted by atomic mass is 10.1. The molecule has 0 saturated carbocycles. The monoisotopic (exact) mass is 478 g/mol. The molecule has 13 heteroatoms. The number of hydrogen-bond acceptors (Lipinski definition) is 6. The third-order valence-corrected chi connectivity index (χ3v) is 5.64. The summed E-state index contributed by atoms with van der Waals surface area (Å²) in [6.07, 6.45) is -3.18. The highest BCUT2D eigenvalue weighted by atomic mass is 19.4. The maximum absolute atomic E-state index is 14.7. The van der Waals surface area contributed by atoms with Crippen molar-refractivity contribution in [2.45, 2.75) is 25.1 Å². The van der Waals surface area contributed by atoms with Gasteiger partial charge < -0.3 is 14.6 Å². The second-order valence-electron chi connectivity index (χ2n) is 7.73. The van der Waals surface area contributed by atoms with Gasteiger partial charge in [-0.15, -0.1) is 10.2 Å². The Bertz CT molecular complexity index is 1370. The number of nitrogens with one attached hydrogen (secondary N) is 2. The highest BCUT2D eigenvalue weighted by Gasteiger charge is 2.46. The smallest absolute Gasteiger partial charge is 0.408 e. The first-order valence-corrected chi connectivity index (χ1v) is 10.1. The van der Waals surface area contributed by atoms with Crippen molar-refractivity contribution in [2.24, 2.45) is 0 Å². The SMILES string of the molecule is O=C(Nc1ccc(N2CCC[C@H]2C(F)(F)F)c(F)c1)c1coc2cc(-c3nn[nH]n3)c(F)cc12. The van der Waals surface area contributed by atoms with E-state index in [2.05, 4.69) is 25.9 Å². The number of tetrazole rings is 1. The zero-order valence-corrected chi connectivity index (χ0v) is 17.2. The minimum atomic E-state index is -4.48. The number of H-pyrrole nitrogens is 1. The van der Waals surface area contributed by atoms with Crippen LogP contribution in [0.15, 0.2) is 41.0 Å². The third kappa shape index (κ3) is 3.82. The van der Waals surface area contributed by atoms with Crippen LogP contribution < -0.4 is 10.2 Å². The van der Waals surface area contributed by atoms with Crippen LogP contribution >= 0.6 is 0 Å². The molecule has 1 saturated heterocycles. The van der Waals surface area contributed by atoms with Gasteiger partial charge in [-0.3, -0.25) is 4.79 Å². The number of carbonyl (C=O) groups excluding carboxylic acids is 1. The van der Waals surface area contributed by atoms with E-state index in [-0.39, 0.29) is 52.3 Å². The van der Waals surface area contributed by atoms with Crippen LogP contribution in [0.2, 0.25) is 0 Å². The van der Waals surface area contributed by atoms with Gasteiger partial charge in [0.2, 0.25) is 5.82 Å². The third-order valence-electron chi connectivity index (χ3n) is 5.64. The molecule has 4 aromatic rings. The molecule has 0 bridgehead atoms. The quantitative estimate of drug-likeness (QED) is 0.414. The van der Waals surface area contributed by atoms with Crippen LogP contribution in [0.3, 0.4) is 0 Å². The number of benzene rings is 2. The molecule has 2 aromatic carbocycles. The maximum Gasteiger partial charge on any atom is 0.408 e. The van der Waals surface area contributed by atoms with Gasteiger partial charge in [0.15, 0.2) is 0 Å². The van der Waals surface area contributed by atoms with E-state index in [1.807, 2.05) is 0 Å². The number of anilines is 2. The number of carbonyl (C=O) groups is 1. The standard InChI is InChI=1S/C21H15F5N6O2/c22-14-7-11-13(9-34-17(11)8-12(14)19-28-30-31-29-19)20(33)27-10-3-4-16(15(23)6-10)32-5-1-2-18(32)21(24,25)26/h3-4,6-9,18H,1-2,5H2,(H,27,33)(H,28,29,30,31)/t18-/m0/s1. The normalized spacial score (nSPS) is 16.4. The molecule has 176 valence electrons. The fourth-order valence-electron chi connectivity index (χ4n) is 4.08. The molecule has 34 heavy (non-hydrogen) atoms. The lowest BCUT2D eigenvalue weighted by Gasteiger charge is -2.28. The van der Waals surface area contributed by atoms with Crippen LogP contribution in [0, 0.1) is 11.6 Å². The van der Waals surface area contributed by atoms with Crippen molar-refractivity contribution in [3.63, 3.8) is 0 Å². The molecule has 2 aromatic heterocycles. The lowest BCUT2D eigenvalue weighted by Crippen LogP contribution is -2.41. The molecule has 2 N–H and O–H groups in total. The number of aromatic amines is 1. The van der Waals surface area contributed by atoms with Gasteiger partial charge in [-0.25, -0.2) is 8.78 Å². The zero-order chi connectivity index (χ0) is 24.0. The molecule has 1 aliphatic rings. The Balaban J connectivity index is 1.38. The van der Waals surface area contributed by atoms with Gasteiger partial charge in [0.25, 0.3) is 5.91 Å². The Morgan fingerprint density at radius 3 is 2.71 bits per heavy atom. The number of nitrogens with zero attached hydrogens (tertiary/aromatic N) is 4. The summed E-state index contributed by atoms with van der Waals surface area (Å²) in [7, 11) is 0. The predicted octanol–water partition coefficient (Wildman–Crippen LogP) is 4.67. The van der Waals surface area contributed by atoms with Crippen LogP contribution in [-0.4, -0.2) is 45.3 Å². The molecule has 5 rings (SSSR count). The average molecular weight is 478 g/mol. The summed E-state index contributed by atoms with van der Waals surface area (Å²) in [6, 6.07) is 4.07. The second-order valence-corrected chi connectivity index (χ2v) is 7.73. The van der Waals surface area contributed by atoms with Crippen molar-refractivity contribution < 1.29 is 31.2 Å². The Labute approximate surface area is 187 Å². The van der Waals surface area contributed by atoms with Gasteiger partial charge in [0.1, 0.15) is 29.5 Å². The highest BCUT2D eigenvalue weighted by Crippen LogP contribution is 2.37. The van der Waals surface area contributed by atoms with Gasteiger partial charge in [-0.2, -0.15) is 18.4 Å². The molecular formula is C21H15F5N6O2.